The van der Waals surface area contributed by atoms with E-state index in [1.165, 1.54) is 6.42 Å². The third-order valence-corrected chi connectivity index (χ3v) is 4.22. The molecule has 2 N–H and O–H groups in total. The molecule has 0 aliphatic carbocycles. The van der Waals surface area contributed by atoms with Gasteiger partial charge >= 0.3 is 0 Å². The van der Waals surface area contributed by atoms with E-state index in [1.807, 2.05) is 24.3 Å². The Morgan fingerprint density at radius 2 is 2.28 bits per heavy atom. The number of anilines is 1. The van der Waals surface area contributed by atoms with E-state index in [0.29, 0.717) is 23.7 Å². The molecule has 1 aliphatic rings. The number of hydrogen-bond donors (Lipinski definition) is 2. The number of aryl methyl sites for hydroxylation is 1. The third kappa shape index (κ3) is 4.82. The van der Waals surface area contributed by atoms with E-state index in [0.717, 1.165) is 38.0 Å². The van der Waals surface area contributed by atoms with E-state index >= 15 is 0 Å². The number of aromatic amines is 1. The minimum atomic E-state index is -0.247. The highest BCUT2D eigenvalue weighted by Crippen LogP contribution is 2.25. The van der Waals surface area contributed by atoms with E-state index in [1.54, 1.807) is 6.07 Å². The highest BCUT2D eigenvalue weighted by molar-refractivity contribution is 6.03. The molecular weight excluding hydrogens is 318 g/mol. The summed E-state index contributed by atoms with van der Waals surface area (Å²) in [5, 5.41) is 9.86. The van der Waals surface area contributed by atoms with Gasteiger partial charge in [0, 0.05) is 12.3 Å². The van der Waals surface area contributed by atoms with Gasteiger partial charge in [0.2, 0.25) is 0 Å². The second-order valence-corrected chi connectivity index (χ2v) is 6.28. The molecule has 0 bridgehead atoms. The Morgan fingerprint density at radius 3 is 3.08 bits per heavy atom. The molecule has 0 spiro atoms. The zero-order valence-electron chi connectivity index (χ0n) is 14.6. The van der Waals surface area contributed by atoms with Gasteiger partial charge in [0.1, 0.15) is 12.4 Å². The van der Waals surface area contributed by atoms with Crippen LogP contribution in [0, 0.1) is 0 Å². The van der Waals surface area contributed by atoms with Crippen molar-refractivity contribution < 1.29 is 14.3 Å². The molecule has 1 saturated heterocycles. The maximum absolute atomic E-state index is 12.4. The van der Waals surface area contributed by atoms with E-state index in [4.69, 9.17) is 9.47 Å². The van der Waals surface area contributed by atoms with Crippen LogP contribution in [0.15, 0.2) is 30.3 Å². The van der Waals surface area contributed by atoms with Gasteiger partial charge in [0.15, 0.2) is 5.69 Å². The summed E-state index contributed by atoms with van der Waals surface area (Å²) in [4.78, 5) is 12.4. The van der Waals surface area contributed by atoms with Crippen LogP contribution < -0.4 is 10.1 Å². The first-order chi connectivity index (χ1) is 12.3. The average Bonchev–Trinajstić information content (AvgIpc) is 3.11. The number of para-hydroxylation sites is 2. The van der Waals surface area contributed by atoms with Crippen molar-refractivity contribution in [1.82, 2.24) is 10.2 Å². The van der Waals surface area contributed by atoms with Gasteiger partial charge in [-0.15, -0.1) is 0 Å². The molecule has 25 heavy (non-hydrogen) atoms. The summed E-state index contributed by atoms with van der Waals surface area (Å²) in [6, 6.07) is 9.23. The van der Waals surface area contributed by atoms with Crippen LogP contribution in [-0.4, -0.2) is 35.4 Å². The summed E-state index contributed by atoms with van der Waals surface area (Å²) < 4.78 is 11.6. The molecule has 1 atom stereocenters. The highest BCUT2D eigenvalue weighted by Gasteiger charge is 2.17. The number of benzene rings is 1. The van der Waals surface area contributed by atoms with Crippen LogP contribution in [0.25, 0.3) is 0 Å². The number of rotatable bonds is 7. The zero-order chi connectivity index (χ0) is 17.5. The molecule has 0 radical (unpaired) electrons. The summed E-state index contributed by atoms with van der Waals surface area (Å²) >= 11 is 0. The monoisotopic (exact) mass is 343 g/mol. The molecule has 6 heteroatoms. The Hall–Kier alpha value is -2.34. The van der Waals surface area contributed by atoms with Gasteiger partial charge < -0.3 is 14.8 Å². The van der Waals surface area contributed by atoms with E-state index < -0.39 is 0 Å². The highest BCUT2D eigenvalue weighted by atomic mass is 16.5. The number of amides is 1. The van der Waals surface area contributed by atoms with Crippen LogP contribution >= 0.6 is 0 Å². The molecule has 134 valence electrons. The molecule has 2 heterocycles. The van der Waals surface area contributed by atoms with Gasteiger partial charge in [0.25, 0.3) is 5.91 Å². The number of carbonyl (C=O) groups is 1. The average molecular weight is 343 g/mol. The number of hydrogen-bond acceptors (Lipinski definition) is 4. The lowest BCUT2D eigenvalue weighted by molar-refractivity contribution is -0.0109. The fourth-order valence-corrected chi connectivity index (χ4v) is 2.88. The minimum Gasteiger partial charge on any atom is -0.489 e. The summed E-state index contributed by atoms with van der Waals surface area (Å²) in [6.45, 7) is 3.38. The van der Waals surface area contributed by atoms with Gasteiger partial charge in [-0.1, -0.05) is 25.5 Å². The van der Waals surface area contributed by atoms with Crippen LogP contribution in [0.4, 0.5) is 5.69 Å². The van der Waals surface area contributed by atoms with Crippen molar-refractivity contribution in [3.05, 3.63) is 41.7 Å². The lowest BCUT2D eigenvalue weighted by atomic mass is 10.1. The fraction of sp³-hybridized carbons (Fsp3) is 0.474. The molecule has 0 saturated carbocycles. The number of aromatic nitrogens is 2. The first kappa shape index (κ1) is 17.5. The molecule has 3 rings (SSSR count). The quantitative estimate of drug-likeness (QED) is 0.806. The van der Waals surface area contributed by atoms with Crippen LogP contribution in [-0.2, 0) is 11.2 Å². The van der Waals surface area contributed by atoms with E-state index in [2.05, 4.69) is 22.4 Å². The molecule has 1 aromatic heterocycles. The van der Waals surface area contributed by atoms with Crippen LogP contribution in [0.5, 0.6) is 5.75 Å². The zero-order valence-corrected chi connectivity index (χ0v) is 14.6. The first-order valence-electron chi connectivity index (χ1n) is 8.95. The summed E-state index contributed by atoms with van der Waals surface area (Å²) in [5.41, 5.74) is 1.99. The molecular formula is C19H25N3O3. The predicted octanol–water partition coefficient (Wildman–Crippen LogP) is 3.56. The number of ether oxygens (including phenoxy) is 2. The van der Waals surface area contributed by atoms with Gasteiger partial charge in [-0.3, -0.25) is 9.89 Å². The van der Waals surface area contributed by atoms with Crippen LogP contribution in [0.3, 0.4) is 0 Å². The van der Waals surface area contributed by atoms with Crippen molar-refractivity contribution in [2.45, 2.75) is 45.1 Å². The van der Waals surface area contributed by atoms with Crippen LogP contribution in [0.1, 0.15) is 48.8 Å². The molecule has 6 nitrogen and oxygen atoms in total. The Kier molecular flexibility index (Phi) is 6.06. The Labute approximate surface area is 147 Å². The molecule has 2 aromatic rings. The Morgan fingerprint density at radius 1 is 1.40 bits per heavy atom. The maximum atomic E-state index is 12.4. The van der Waals surface area contributed by atoms with Crippen molar-refractivity contribution in [3.8, 4) is 5.75 Å². The number of H-pyrrole nitrogens is 1. The molecule has 1 fully saturated rings. The fourth-order valence-electron chi connectivity index (χ4n) is 2.88. The smallest absolute Gasteiger partial charge is 0.276 e. The number of nitrogens with one attached hydrogen (secondary N) is 2. The SMILES string of the molecule is CCCc1cc(C(=O)Nc2ccccc2OCC2CCCCO2)n[nH]1. The second kappa shape index (κ2) is 8.67. The summed E-state index contributed by atoms with van der Waals surface area (Å²) in [5.74, 6) is 0.401. The lowest BCUT2D eigenvalue weighted by Crippen LogP contribution is -2.26. The van der Waals surface area contributed by atoms with Crippen molar-refractivity contribution in [3.63, 3.8) is 0 Å². The largest absolute Gasteiger partial charge is 0.489 e. The topological polar surface area (TPSA) is 76.2 Å². The third-order valence-electron chi connectivity index (χ3n) is 4.22. The van der Waals surface area contributed by atoms with E-state index in [-0.39, 0.29) is 12.0 Å². The summed E-state index contributed by atoms with van der Waals surface area (Å²) in [7, 11) is 0. The molecule has 1 unspecified atom stereocenters. The Balaban J connectivity index is 1.62. The molecule has 1 aliphatic heterocycles. The second-order valence-electron chi connectivity index (χ2n) is 6.28. The van der Waals surface area contributed by atoms with Crippen molar-refractivity contribution >= 4 is 11.6 Å². The first-order valence-corrected chi connectivity index (χ1v) is 8.95. The number of carbonyl (C=O) groups excluding carboxylic acids is 1. The molecule has 1 amide bonds. The standard InChI is InChI=1S/C19H25N3O3/c1-2-7-14-12-17(22-21-14)19(23)20-16-9-3-4-10-18(16)25-13-15-8-5-6-11-24-15/h3-4,9-10,12,15H,2,5-8,11,13H2,1H3,(H,20,23)(H,21,22). The maximum Gasteiger partial charge on any atom is 0.276 e. The van der Waals surface area contributed by atoms with Gasteiger partial charge in [-0.05, 0) is 43.9 Å². The Bertz CT molecular complexity index is 693. The number of nitrogens with zero attached hydrogens (tertiary/aromatic N) is 1. The van der Waals surface area contributed by atoms with Crippen LogP contribution in [0.2, 0.25) is 0 Å². The minimum absolute atomic E-state index is 0.125. The van der Waals surface area contributed by atoms with E-state index in [9.17, 15) is 4.79 Å². The van der Waals surface area contributed by atoms with Crippen molar-refractivity contribution in [2.75, 3.05) is 18.5 Å². The van der Waals surface area contributed by atoms with Crippen molar-refractivity contribution in [1.29, 1.82) is 0 Å². The van der Waals surface area contributed by atoms with Gasteiger partial charge in [-0.2, -0.15) is 5.10 Å². The summed E-state index contributed by atoms with van der Waals surface area (Å²) in [6.07, 6.45) is 5.31. The predicted molar refractivity (Wildman–Crippen MR) is 96.1 cm³/mol. The van der Waals surface area contributed by atoms with Gasteiger partial charge in [-0.25, -0.2) is 0 Å². The van der Waals surface area contributed by atoms with Crippen molar-refractivity contribution in [2.24, 2.45) is 0 Å². The molecule has 1 aromatic carbocycles. The normalized spacial score (nSPS) is 17.2. The lowest BCUT2D eigenvalue weighted by Gasteiger charge is -2.23. The van der Waals surface area contributed by atoms with Gasteiger partial charge in [0.05, 0.1) is 11.8 Å².